The second-order valence-electron chi connectivity index (χ2n) is 3.71. The molecule has 1 atom stereocenters. The van der Waals surface area contributed by atoms with Crippen LogP contribution in [0.2, 0.25) is 5.02 Å². The van der Waals surface area contributed by atoms with Crippen molar-refractivity contribution >= 4 is 17.5 Å². The van der Waals surface area contributed by atoms with E-state index in [4.69, 9.17) is 11.6 Å². The molecule has 0 heterocycles. The molecule has 1 aromatic carbocycles. The topological polar surface area (TPSA) is 41.1 Å². The molecule has 88 valence electrons. The Bertz CT molecular complexity index is 355. The Balaban J connectivity index is 2.35. The SMILES string of the molecule is CC(=O)NCCN[C@H](C)c1cccc(Cl)c1. The maximum absolute atomic E-state index is 10.6. The third-order valence-electron chi connectivity index (χ3n) is 2.30. The molecular weight excluding hydrogens is 224 g/mol. The van der Waals surface area contributed by atoms with Gasteiger partial charge >= 0.3 is 0 Å². The normalized spacial score (nSPS) is 12.2. The lowest BCUT2D eigenvalue weighted by Gasteiger charge is -2.14. The second kappa shape index (κ2) is 6.51. The molecular formula is C12H17ClN2O. The van der Waals surface area contributed by atoms with Crippen molar-refractivity contribution < 1.29 is 4.79 Å². The van der Waals surface area contributed by atoms with Gasteiger partial charge in [-0.25, -0.2) is 0 Å². The van der Waals surface area contributed by atoms with E-state index in [0.717, 1.165) is 17.1 Å². The van der Waals surface area contributed by atoms with E-state index in [1.807, 2.05) is 24.3 Å². The van der Waals surface area contributed by atoms with Crippen LogP contribution in [-0.4, -0.2) is 19.0 Å². The Labute approximate surface area is 101 Å². The van der Waals surface area contributed by atoms with Crippen molar-refractivity contribution in [2.24, 2.45) is 0 Å². The lowest BCUT2D eigenvalue weighted by Crippen LogP contribution is -2.31. The first-order chi connectivity index (χ1) is 7.59. The summed E-state index contributed by atoms with van der Waals surface area (Å²) in [6.45, 7) is 4.97. The molecule has 0 radical (unpaired) electrons. The van der Waals surface area contributed by atoms with Gasteiger partial charge < -0.3 is 10.6 Å². The summed E-state index contributed by atoms with van der Waals surface area (Å²) in [6.07, 6.45) is 0. The average molecular weight is 241 g/mol. The fourth-order valence-electron chi connectivity index (χ4n) is 1.42. The van der Waals surface area contributed by atoms with Crippen molar-refractivity contribution in [3.63, 3.8) is 0 Å². The lowest BCUT2D eigenvalue weighted by molar-refractivity contribution is -0.118. The van der Waals surface area contributed by atoms with E-state index in [0.29, 0.717) is 6.54 Å². The van der Waals surface area contributed by atoms with Crippen LogP contribution in [0.15, 0.2) is 24.3 Å². The van der Waals surface area contributed by atoms with Crippen LogP contribution in [0.1, 0.15) is 25.5 Å². The summed E-state index contributed by atoms with van der Waals surface area (Å²) < 4.78 is 0. The average Bonchev–Trinajstić information content (AvgIpc) is 2.24. The number of amides is 1. The maximum Gasteiger partial charge on any atom is 0.216 e. The summed E-state index contributed by atoms with van der Waals surface area (Å²) in [5.74, 6) is -0.00258. The van der Waals surface area contributed by atoms with Crippen molar-refractivity contribution in [1.82, 2.24) is 10.6 Å². The number of rotatable bonds is 5. The smallest absolute Gasteiger partial charge is 0.216 e. The number of benzene rings is 1. The number of nitrogens with one attached hydrogen (secondary N) is 2. The minimum atomic E-state index is -0.00258. The van der Waals surface area contributed by atoms with Crippen molar-refractivity contribution in [1.29, 1.82) is 0 Å². The molecule has 2 N–H and O–H groups in total. The summed E-state index contributed by atoms with van der Waals surface area (Å²) in [4.78, 5) is 10.6. The van der Waals surface area contributed by atoms with Crippen molar-refractivity contribution in [3.05, 3.63) is 34.9 Å². The summed E-state index contributed by atoms with van der Waals surface area (Å²) >= 11 is 5.91. The van der Waals surface area contributed by atoms with Crippen LogP contribution in [0.3, 0.4) is 0 Å². The van der Waals surface area contributed by atoms with Crippen LogP contribution in [0.5, 0.6) is 0 Å². The van der Waals surface area contributed by atoms with Crippen molar-refractivity contribution in [2.45, 2.75) is 19.9 Å². The predicted octanol–water partition coefficient (Wildman–Crippen LogP) is 2.13. The second-order valence-corrected chi connectivity index (χ2v) is 4.15. The quantitative estimate of drug-likeness (QED) is 0.775. The summed E-state index contributed by atoms with van der Waals surface area (Å²) in [5.41, 5.74) is 1.15. The van der Waals surface area contributed by atoms with E-state index in [-0.39, 0.29) is 11.9 Å². The molecule has 0 saturated heterocycles. The Morgan fingerprint density at radius 1 is 1.44 bits per heavy atom. The van der Waals surface area contributed by atoms with Gasteiger partial charge in [-0.1, -0.05) is 23.7 Å². The summed E-state index contributed by atoms with van der Waals surface area (Å²) in [7, 11) is 0. The highest BCUT2D eigenvalue weighted by Crippen LogP contribution is 2.16. The first kappa shape index (κ1) is 13.0. The van der Waals surface area contributed by atoms with Gasteiger partial charge in [0.25, 0.3) is 0 Å². The van der Waals surface area contributed by atoms with Crippen LogP contribution in [0, 0.1) is 0 Å². The van der Waals surface area contributed by atoms with E-state index >= 15 is 0 Å². The highest BCUT2D eigenvalue weighted by atomic mass is 35.5. The van der Waals surface area contributed by atoms with Crippen LogP contribution < -0.4 is 10.6 Å². The fourth-order valence-corrected chi connectivity index (χ4v) is 1.62. The molecule has 0 unspecified atom stereocenters. The molecule has 0 aromatic heterocycles. The lowest BCUT2D eigenvalue weighted by atomic mass is 10.1. The van der Waals surface area contributed by atoms with Crippen LogP contribution in [-0.2, 0) is 4.79 Å². The Hall–Kier alpha value is -1.06. The van der Waals surface area contributed by atoms with Crippen LogP contribution >= 0.6 is 11.6 Å². The van der Waals surface area contributed by atoms with Gasteiger partial charge in [0.1, 0.15) is 0 Å². The van der Waals surface area contributed by atoms with E-state index in [9.17, 15) is 4.79 Å². The Morgan fingerprint density at radius 2 is 2.19 bits per heavy atom. The molecule has 16 heavy (non-hydrogen) atoms. The zero-order valence-corrected chi connectivity index (χ0v) is 10.3. The standard InChI is InChI=1S/C12H17ClN2O/c1-9(14-6-7-15-10(2)16)11-4-3-5-12(13)8-11/h3-5,8-9,14H,6-7H2,1-2H3,(H,15,16)/t9-/m1/s1. The van der Waals surface area contributed by atoms with Crippen molar-refractivity contribution in [3.8, 4) is 0 Å². The molecule has 0 spiro atoms. The number of hydrogen-bond donors (Lipinski definition) is 2. The molecule has 1 amide bonds. The first-order valence-corrected chi connectivity index (χ1v) is 5.70. The van der Waals surface area contributed by atoms with E-state index < -0.39 is 0 Å². The van der Waals surface area contributed by atoms with Gasteiger partial charge in [0, 0.05) is 31.1 Å². The molecule has 0 aliphatic rings. The first-order valence-electron chi connectivity index (χ1n) is 5.33. The van der Waals surface area contributed by atoms with E-state index in [2.05, 4.69) is 17.6 Å². The largest absolute Gasteiger partial charge is 0.355 e. The molecule has 0 aliphatic heterocycles. The number of carbonyl (C=O) groups excluding carboxylic acids is 1. The zero-order valence-electron chi connectivity index (χ0n) is 9.59. The van der Waals surface area contributed by atoms with Gasteiger partial charge in [0.05, 0.1) is 0 Å². The third-order valence-corrected chi connectivity index (χ3v) is 2.53. The Kier molecular flexibility index (Phi) is 5.29. The molecule has 0 aliphatic carbocycles. The number of halogens is 1. The Morgan fingerprint density at radius 3 is 2.81 bits per heavy atom. The van der Waals surface area contributed by atoms with Gasteiger partial charge in [0.15, 0.2) is 0 Å². The molecule has 1 aromatic rings. The summed E-state index contributed by atoms with van der Waals surface area (Å²) in [6, 6.07) is 7.99. The zero-order chi connectivity index (χ0) is 12.0. The molecule has 3 nitrogen and oxygen atoms in total. The van der Waals surface area contributed by atoms with Gasteiger partial charge in [-0.2, -0.15) is 0 Å². The number of carbonyl (C=O) groups is 1. The molecule has 4 heteroatoms. The molecule has 0 saturated carbocycles. The number of hydrogen-bond acceptors (Lipinski definition) is 2. The van der Waals surface area contributed by atoms with Gasteiger partial charge in [-0.05, 0) is 24.6 Å². The van der Waals surface area contributed by atoms with Gasteiger partial charge in [0.2, 0.25) is 5.91 Å². The molecule has 1 rings (SSSR count). The maximum atomic E-state index is 10.6. The molecule has 0 bridgehead atoms. The molecule has 0 fully saturated rings. The monoisotopic (exact) mass is 240 g/mol. The van der Waals surface area contributed by atoms with E-state index in [1.54, 1.807) is 0 Å². The highest BCUT2D eigenvalue weighted by molar-refractivity contribution is 6.30. The van der Waals surface area contributed by atoms with Crippen LogP contribution in [0.25, 0.3) is 0 Å². The minimum Gasteiger partial charge on any atom is -0.355 e. The highest BCUT2D eigenvalue weighted by Gasteiger charge is 2.04. The van der Waals surface area contributed by atoms with Gasteiger partial charge in [-0.15, -0.1) is 0 Å². The van der Waals surface area contributed by atoms with Gasteiger partial charge in [-0.3, -0.25) is 4.79 Å². The third kappa shape index (κ3) is 4.64. The predicted molar refractivity (Wildman–Crippen MR) is 66.6 cm³/mol. The fraction of sp³-hybridized carbons (Fsp3) is 0.417. The summed E-state index contributed by atoms with van der Waals surface area (Å²) in [5, 5.41) is 6.79. The minimum absolute atomic E-state index is 0.00258. The van der Waals surface area contributed by atoms with Crippen LogP contribution in [0.4, 0.5) is 0 Å². The van der Waals surface area contributed by atoms with Crippen molar-refractivity contribution in [2.75, 3.05) is 13.1 Å². The van der Waals surface area contributed by atoms with E-state index in [1.165, 1.54) is 6.92 Å².